The predicted octanol–water partition coefficient (Wildman–Crippen LogP) is 6.75. The molecule has 2 aliphatic rings. The molecule has 0 heterocycles. The lowest BCUT2D eigenvalue weighted by Crippen LogP contribution is -2.29. The van der Waals surface area contributed by atoms with E-state index in [4.69, 9.17) is 0 Å². The van der Waals surface area contributed by atoms with Crippen LogP contribution in [0, 0.1) is 5.92 Å². The molecule has 0 aromatic carbocycles. The van der Waals surface area contributed by atoms with Crippen LogP contribution in [0.3, 0.4) is 0 Å². The Morgan fingerprint density at radius 3 is 1.88 bits per heavy atom. The highest BCUT2D eigenvalue weighted by Crippen LogP contribution is 2.51. The lowest BCUT2D eigenvalue weighted by molar-refractivity contribution is 0.824. The van der Waals surface area contributed by atoms with Gasteiger partial charge >= 0.3 is 0 Å². The highest BCUT2D eigenvalue weighted by Gasteiger charge is 2.39. The van der Waals surface area contributed by atoms with Gasteiger partial charge in [-0.05, 0) is 60.2 Å². The quantitative estimate of drug-likeness (QED) is 0.457. The molecule has 3 heteroatoms. The van der Waals surface area contributed by atoms with E-state index >= 15 is 0 Å². The molecule has 0 aromatic heterocycles. The van der Waals surface area contributed by atoms with Crippen molar-refractivity contribution in [3.8, 4) is 0 Å². The third-order valence-corrected chi connectivity index (χ3v) is 11.9. The SMILES string of the molecule is C[SiH2]C1C=C(C[Si](C)(C)C)C(C2=C(C)C(C)=C(C)C2C)=C1[Si](C)(C)C. The standard InChI is InChI=1S/C22H40Si3/c1-14-15(2)17(4)20(16(14)3)21-18(13-24(6,7)8)12-19(23-5)22(21)25(9,10)11/h12,16,19H,13,23H2,1-11H3. The molecule has 0 fully saturated rings. The first kappa shape index (κ1) is 20.9. The van der Waals surface area contributed by atoms with E-state index in [0.29, 0.717) is 5.92 Å². The molecule has 0 aliphatic heterocycles. The second-order valence-electron chi connectivity index (χ2n) is 10.6. The fourth-order valence-electron chi connectivity index (χ4n) is 4.83. The summed E-state index contributed by atoms with van der Waals surface area (Å²) in [7, 11) is -2.53. The monoisotopic (exact) mass is 388 g/mol. The summed E-state index contributed by atoms with van der Waals surface area (Å²) in [6.07, 6.45) is 2.74. The first-order valence-corrected chi connectivity index (χ1v) is 19.6. The van der Waals surface area contributed by atoms with Gasteiger partial charge in [0.05, 0.1) is 8.07 Å². The zero-order chi connectivity index (χ0) is 19.3. The smallest absolute Gasteiger partial charge is 0.0736 e. The van der Waals surface area contributed by atoms with Crippen LogP contribution in [0.25, 0.3) is 0 Å². The number of rotatable bonds is 5. The molecule has 0 saturated carbocycles. The van der Waals surface area contributed by atoms with Crippen LogP contribution in [0.15, 0.2) is 44.7 Å². The summed E-state index contributed by atoms with van der Waals surface area (Å²) in [5.41, 5.74) is 10.7. The summed E-state index contributed by atoms with van der Waals surface area (Å²) in [5, 5.41) is 1.90. The molecule has 0 bridgehead atoms. The van der Waals surface area contributed by atoms with Crippen molar-refractivity contribution in [1.82, 2.24) is 0 Å². The summed E-state index contributed by atoms with van der Waals surface area (Å²) in [4.78, 5) is 0. The van der Waals surface area contributed by atoms with E-state index in [1.165, 1.54) is 6.04 Å². The van der Waals surface area contributed by atoms with E-state index in [0.717, 1.165) is 5.54 Å². The highest BCUT2D eigenvalue weighted by molar-refractivity contribution is 6.85. The fraction of sp³-hybridized carbons (Fsp3) is 0.636. The van der Waals surface area contributed by atoms with E-state index in [-0.39, 0.29) is 9.52 Å². The second kappa shape index (κ2) is 6.97. The molecule has 2 rings (SSSR count). The molecule has 25 heavy (non-hydrogen) atoms. The molecular formula is C22H40Si3. The summed E-state index contributed by atoms with van der Waals surface area (Å²) in [5.74, 6) is 0.601. The summed E-state index contributed by atoms with van der Waals surface area (Å²) < 4.78 is 0. The maximum Gasteiger partial charge on any atom is 0.0736 e. The van der Waals surface area contributed by atoms with Crippen LogP contribution >= 0.6 is 0 Å². The largest absolute Gasteiger partial charge is 0.0776 e. The van der Waals surface area contributed by atoms with Gasteiger partial charge in [-0.25, -0.2) is 0 Å². The maximum absolute atomic E-state index is 2.74. The Bertz CT molecular complexity index is 688. The molecule has 2 unspecified atom stereocenters. The number of hydrogen-bond acceptors (Lipinski definition) is 0. The average molecular weight is 389 g/mol. The van der Waals surface area contributed by atoms with Crippen molar-refractivity contribution in [1.29, 1.82) is 0 Å². The first-order valence-electron chi connectivity index (χ1n) is 10.1. The van der Waals surface area contributed by atoms with Crippen LogP contribution in [0.4, 0.5) is 0 Å². The summed E-state index contributed by atoms with van der Waals surface area (Å²) >= 11 is 0. The minimum atomic E-state index is -1.33. The van der Waals surface area contributed by atoms with Gasteiger partial charge in [-0.15, -0.1) is 0 Å². The third-order valence-electron chi connectivity index (χ3n) is 6.24. The van der Waals surface area contributed by atoms with E-state index in [9.17, 15) is 0 Å². The normalized spacial score (nSPS) is 26.0. The molecule has 0 aromatic rings. The lowest BCUT2D eigenvalue weighted by Gasteiger charge is -2.29. The van der Waals surface area contributed by atoms with Gasteiger partial charge in [0.25, 0.3) is 0 Å². The minimum absolute atomic E-state index is 0.0607. The third kappa shape index (κ3) is 3.98. The Kier molecular flexibility index (Phi) is 5.83. The number of hydrogen-bond donors (Lipinski definition) is 0. The van der Waals surface area contributed by atoms with Crippen LogP contribution in [0.2, 0.25) is 57.4 Å². The Labute approximate surface area is 161 Å². The van der Waals surface area contributed by atoms with Crippen LogP contribution in [0.5, 0.6) is 0 Å². The average Bonchev–Trinajstić information content (AvgIpc) is 2.89. The maximum atomic E-state index is 2.74. The fourth-order valence-corrected chi connectivity index (χ4v) is 12.1. The van der Waals surface area contributed by atoms with Crippen LogP contribution in [-0.4, -0.2) is 25.7 Å². The zero-order valence-electron chi connectivity index (χ0n) is 18.6. The molecule has 0 N–H and O–H groups in total. The Balaban J connectivity index is 2.72. The highest BCUT2D eigenvalue weighted by atomic mass is 28.3. The molecule has 0 saturated heterocycles. The minimum Gasteiger partial charge on any atom is -0.0776 e. The van der Waals surface area contributed by atoms with Gasteiger partial charge in [0.1, 0.15) is 0 Å². The van der Waals surface area contributed by atoms with Gasteiger partial charge in [0.2, 0.25) is 0 Å². The lowest BCUT2D eigenvalue weighted by atomic mass is 9.89. The van der Waals surface area contributed by atoms with Gasteiger partial charge < -0.3 is 0 Å². The van der Waals surface area contributed by atoms with Gasteiger partial charge in [-0.1, -0.05) is 69.6 Å². The van der Waals surface area contributed by atoms with Gasteiger partial charge in [0.15, 0.2) is 0 Å². The molecule has 2 atom stereocenters. The van der Waals surface area contributed by atoms with Crippen LogP contribution in [0.1, 0.15) is 27.7 Å². The van der Waals surface area contributed by atoms with Gasteiger partial charge in [-0.2, -0.15) is 0 Å². The second-order valence-corrected chi connectivity index (χ2v) is 22.8. The van der Waals surface area contributed by atoms with Crippen molar-refractivity contribution in [2.75, 3.05) is 0 Å². The van der Waals surface area contributed by atoms with E-state index in [1.807, 2.05) is 5.20 Å². The van der Waals surface area contributed by atoms with E-state index in [2.05, 4.69) is 79.6 Å². The summed E-state index contributed by atoms with van der Waals surface area (Å²) in [6.45, 7) is 27.4. The van der Waals surface area contributed by atoms with Crippen molar-refractivity contribution >= 4 is 25.7 Å². The molecule has 2 aliphatic carbocycles. The van der Waals surface area contributed by atoms with Gasteiger partial charge in [-0.3, -0.25) is 0 Å². The Morgan fingerprint density at radius 2 is 1.52 bits per heavy atom. The van der Waals surface area contributed by atoms with Crippen LogP contribution < -0.4 is 0 Å². The Morgan fingerprint density at radius 1 is 0.960 bits per heavy atom. The topological polar surface area (TPSA) is 0 Å². The van der Waals surface area contributed by atoms with Crippen molar-refractivity contribution in [2.45, 2.75) is 85.1 Å². The molecule has 0 radical (unpaired) electrons. The summed E-state index contributed by atoms with van der Waals surface area (Å²) in [6, 6.07) is 1.35. The first-order chi connectivity index (χ1) is 11.3. The van der Waals surface area contributed by atoms with Crippen molar-refractivity contribution in [3.63, 3.8) is 0 Å². The number of allylic oxidation sites excluding steroid dienone is 8. The molecule has 140 valence electrons. The van der Waals surface area contributed by atoms with E-state index in [1.54, 1.807) is 33.4 Å². The van der Waals surface area contributed by atoms with Crippen molar-refractivity contribution in [2.24, 2.45) is 5.92 Å². The van der Waals surface area contributed by atoms with Crippen LogP contribution in [-0.2, 0) is 0 Å². The molecule has 0 spiro atoms. The van der Waals surface area contributed by atoms with E-state index < -0.39 is 16.1 Å². The van der Waals surface area contributed by atoms with Gasteiger partial charge in [0, 0.05) is 23.5 Å². The zero-order valence-corrected chi connectivity index (χ0v) is 22.1. The predicted molar refractivity (Wildman–Crippen MR) is 125 cm³/mol. The Hall–Kier alpha value is -0.389. The van der Waals surface area contributed by atoms with Crippen molar-refractivity contribution in [3.05, 3.63) is 44.7 Å². The molecular weight excluding hydrogens is 349 g/mol. The van der Waals surface area contributed by atoms with Crippen molar-refractivity contribution < 1.29 is 0 Å². The molecule has 0 amide bonds. The molecule has 0 nitrogen and oxygen atoms in total.